The summed E-state index contributed by atoms with van der Waals surface area (Å²) in [7, 11) is 0. The number of hydrogen-bond donors (Lipinski definition) is 2. The van der Waals surface area contributed by atoms with Gasteiger partial charge in [-0.2, -0.15) is 0 Å². The zero-order chi connectivity index (χ0) is 17.9. The van der Waals surface area contributed by atoms with E-state index >= 15 is 0 Å². The fourth-order valence-corrected chi connectivity index (χ4v) is 2.56. The number of esters is 2. The van der Waals surface area contributed by atoms with Crippen molar-refractivity contribution in [2.24, 2.45) is 0 Å². The Morgan fingerprint density at radius 2 is 2.00 bits per heavy atom. The largest absolute Gasteiger partial charge is 0.457 e. The Morgan fingerprint density at radius 1 is 1.29 bits per heavy atom. The van der Waals surface area contributed by atoms with Gasteiger partial charge >= 0.3 is 11.9 Å². The van der Waals surface area contributed by atoms with Crippen LogP contribution in [0.1, 0.15) is 52.4 Å². The Hall–Kier alpha value is -1.66. The van der Waals surface area contributed by atoms with Crippen molar-refractivity contribution in [2.75, 3.05) is 0 Å². The van der Waals surface area contributed by atoms with Crippen LogP contribution in [0.15, 0.2) is 24.3 Å². The first kappa shape index (κ1) is 20.4. The molecule has 0 amide bonds. The second kappa shape index (κ2) is 11.0. The molecule has 1 heterocycles. The van der Waals surface area contributed by atoms with Gasteiger partial charge in [0.2, 0.25) is 0 Å². The maximum atomic E-state index is 12.3. The maximum Gasteiger partial charge on any atom is 0.347 e. The predicted molar refractivity (Wildman–Crippen MR) is 89.1 cm³/mol. The van der Waals surface area contributed by atoms with Crippen LogP contribution in [0.5, 0.6) is 0 Å². The summed E-state index contributed by atoms with van der Waals surface area (Å²) in [5.74, 6) is -1.28. The Kier molecular flexibility index (Phi) is 9.34. The molecule has 0 spiro atoms. The molecule has 0 aromatic heterocycles. The van der Waals surface area contributed by atoms with Gasteiger partial charge in [-0.25, -0.2) is 9.59 Å². The van der Waals surface area contributed by atoms with Crippen LogP contribution in [0.3, 0.4) is 0 Å². The number of allylic oxidation sites excluding steroid dienone is 3. The number of cyclic esters (lactones) is 1. The Morgan fingerprint density at radius 3 is 2.67 bits per heavy atom. The number of carbonyl (C=O) groups excluding carboxylic acids is 2. The van der Waals surface area contributed by atoms with Gasteiger partial charge in [-0.15, -0.1) is 0 Å². The number of aliphatic hydroxyl groups excluding tert-OH is 2. The van der Waals surface area contributed by atoms with Crippen LogP contribution in [0.4, 0.5) is 0 Å². The van der Waals surface area contributed by atoms with Gasteiger partial charge < -0.3 is 19.7 Å². The van der Waals surface area contributed by atoms with Gasteiger partial charge in [0.15, 0.2) is 6.10 Å². The monoisotopic (exact) mass is 340 g/mol. The van der Waals surface area contributed by atoms with Gasteiger partial charge in [-0.05, 0) is 32.6 Å². The molecule has 0 aliphatic carbocycles. The summed E-state index contributed by atoms with van der Waals surface area (Å²) in [5, 5.41) is 20.1. The standard InChI is InChI=1S/C18H28O6/c1-3-5-6-12-16(20)23-15-11-8-7-10-13(19)17(21)14(9-4-2)24-18(15)22/h3,5-6,12-15,17,19,21H,4,7-11H2,1-2H3/b5-3+,12-6+/t13-,14+,15-,17-/m0/s1. The van der Waals surface area contributed by atoms with Crippen LogP contribution in [-0.2, 0) is 19.1 Å². The molecule has 0 aromatic rings. The molecule has 0 aromatic carbocycles. The van der Waals surface area contributed by atoms with Crippen LogP contribution < -0.4 is 0 Å². The summed E-state index contributed by atoms with van der Waals surface area (Å²) in [6.45, 7) is 3.72. The van der Waals surface area contributed by atoms with E-state index in [4.69, 9.17) is 9.47 Å². The van der Waals surface area contributed by atoms with Gasteiger partial charge in [0, 0.05) is 6.08 Å². The Labute approximate surface area is 143 Å². The molecule has 1 rings (SSSR count). The highest BCUT2D eigenvalue weighted by atomic mass is 16.6. The summed E-state index contributed by atoms with van der Waals surface area (Å²) < 4.78 is 10.5. The van der Waals surface area contributed by atoms with E-state index in [0.29, 0.717) is 38.5 Å². The number of aliphatic hydroxyl groups is 2. The van der Waals surface area contributed by atoms with Crippen molar-refractivity contribution < 1.29 is 29.3 Å². The first-order chi connectivity index (χ1) is 11.5. The number of ether oxygens (including phenoxy) is 2. The first-order valence-electron chi connectivity index (χ1n) is 8.56. The topological polar surface area (TPSA) is 93.1 Å². The average molecular weight is 340 g/mol. The smallest absolute Gasteiger partial charge is 0.347 e. The Balaban J connectivity index is 2.78. The van der Waals surface area contributed by atoms with Gasteiger partial charge in [-0.3, -0.25) is 0 Å². The molecule has 0 saturated carbocycles. The first-order valence-corrected chi connectivity index (χ1v) is 8.56. The molecular weight excluding hydrogens is 312 g/mol. The molecule has 0 unspecified atom stereocenters. The maximum absolute atomic E-state index is 12.3. The van der Waals surface area contributed by atoms with Crippen molar-refractivity contribution in [1.82, 2.24) is 0 Å². The van der Waals surface area contributed by atoms with Crippen LogP contribution in [0.2, 0.25) is 0 Å². The normalized spacial score (nSPS) is 29.6. The SMILES string of the molecule is C/C=C/C=C/C(=O)O[C@H]1CCCC[C@H](O)[C@H](O)[C@@H](CCC)OC1=O. The van der Waals surface area contributed by atoms with Crippen molar-refractivity contribution in [2.45, 2.75) is 76.8 Å². The van der Waals surface area contributed by atoms with E-state index in [9.17, 15) is 19.8 Å². The lowest BCUT2D eigenvalue weighted by atomic mass is 9.97. The summed E-state index contributed by atoms with van der Waals surface area (Å²) in [6, 6.07) is 0. The molecule has 2 N–H and O–H groups in total. The molecule has 1 aliphatic rings. The third-order valence-corrected chi connectivity index (χ3v) is 3.89. The third-order valence-electron chi connectivity index (χ3n) is 3.89. The van der Waals surface area contributed by atoms with Crippen LogP contribution in [0.25, 0.3) is 0 Å². The van der Waals surface area contributed by atoms with Crippen LogP contribution in [-0.4, -0.2) is 46.6 Å². The molecule has 136 valence electrons. The zero-order valence-electron chi connectivity index (χ0n) is 14.4. The van der Waals surface area contributed by atoms with Crippen molar-refractivity contribution in [3.05, 3.63) is 24.3 Å². The lowest BCUT2D eigenvalue weighted by molar-refractivity contribution is -0.179. The van der Waals surface area contributed by atoms with E-state index in [1.807, 2.05) is 13.8 Å². The van der Waals surface area contributed by atoms with Gasteiger partial charge in [0.05, 0.1) is 6.10 Å². The summed E-state index contributed by atoms with van der Waals surface area (Å²) >= 11 is 0. The van der Waals surface area contributed by atoms with E-state index < -0.39 is 36.4 Å². The molecular formula is C18H28O6. The molecule has 0 radical (unpaired) electrons. The fourth-order valence-electron chi connectivity index (χ4n) is 2.56. The summed E-state index contributed by atoms with van der Waals surface area (Å²) in [5.41, 5.74) is 0. The van der Waals surface area contributed by atoms with Crippen molar-refractivity contribution in [3.8, 4) is 0 Å². The van der Waals surface area contributed by atoms with Gasteiger partial charge in [0.1, 0.15) is 12.2 Å². The molecule has 4 atom stereocenters. The third kappa shape index (κ3) is 6.84. The number of rotatable bonds is 5. The van der Waals surface area contributed by atoms with Gasteiger partial charge in [-0.1, -0.05) is 38.0 Å². The Bertz CT molecular complexity index is 456. The van der Waals surface area contributed by atoms with Gasteiger partial charge in [0.25, 0.3) is 0 Å². The van der Waals surface area contributed by atoms with Crippen LogP contribution >= 0.6 is 0 Å². The van der Waals surface area contributed by atoms with E-state index in [2.05, 4.69) is 0 Å². The molecule has 6 heteroatoms. The molecule has 6 nitrogen and oxygen atoms in total. The minimum absolute atomic E-state index is 0.337. The molecule has 1 saturated heterocycles. The summed E-state index contributed by atoms with van der Waals surface area (Å²) in [4.78, 5) is 24.1. The van der Waals surface area contributed by atoms with Crippen molar-refractivity contribution in [1.29, 1.82) is 0 Å². The average Bonchev–Trinajstić information content (AvgIpc) is 2.55. The van der Waals surface area contributed by atoms with Crippen LogP contribution in [0, 0.1) is 0 Å². The number of carbonyl (C=O) groups is 2. The van der Waals surface area contributed by atoms with E-state index in [1.165, 1.54) is 12.2 Å². The van der Waals surface area contributed by atoms with E-state index in [0.717, 1.165) is 0 Å². The second-order valence-electron chi connectivity index (χ2n) is 5.92. The van der Waals surface area contributed by atoms with Crippen molar-refractivity contribution >= 4 is 11.9 Å². The molecule has 0 bridgehead atoms. The summed E-state index contributed by atoms with van der Waals surface area (Å²) in [6.07, 6.45) is 5.50. The second-order valence-corrected chi connectivity index (χ2v) is 5.92. The van der Waals surface area contributed by atoms with Crippen molar-refractivity contribution in [3.63, 3.8) is 0 Å². The highest BCUT2D eigenvalue weighted by Crippen LogP contribution is 2.20. The minimum Gasteiger partial charge on any atom is -0.457 e. The highest BCUT2D eigenvalue weighted by molar-refractivity contribution is 5.85. The minimum atomic E-state index is -1.13. The molecule has 24 heavy (non-hydrogen) atoms. The molecule has 1 aliphatic heterocycles. The van der Waals surface area contributed by atoms with E-state index in [-0.39, 0.29) is 0 Å². The van der Waals surface area contributed by atoms with E-state index in [1.54, 1.807) is 12.2 Å². The quantitative estimate of drug-likeness (QED) is 0.452. The zero-order valence-corrected chi connectivity index (χ0v) is 14.4. The highest BCUT2D eigenvalue weighted by Gasteiger charge is 2.33. The number of hydrogen-bond acceptors (Lipinski definition) is 6. The fraction of sp³-hybridized carbons (Fsp3) is 0.667. The lowest BCUT2D eigenvalue weighted by Gasteiger charge is -2.29. The predicted octanol–water partition coefficient (Wildman–Crippen LogP) is 2.04. The molecule has 1 fully saturated rings. The lowest BCUT2D eigenvalue weighted by Crippen LogP contribution is -2.43.